The number of nitrogens with zero attached hydrogens (tertiary/aromatic N) is 4. The second kappa shape index (κ2) is 6.41. The summed E-state index contributed by atoms with van der Waals surface area (Å²) in [5.41, 5.74) is 2.33. The van der Waals surface area contributed by atoms with E-state index >= 15 is 0 Å². The van der Waals surface area contributed by atoms with Gasteiger partial charge in [-0.25, -0.2) is 19.3 Å². The van der Waals surface area contributed by atoms with E-state index in [0.717, 1.165) is 16.7 Å². The van der Waals surface area contributed by atoms with Crippen molar-refractivity contribution in [3.63, 3.8) is 0 Å². The summed E-state index contributed by atoms with van der Waals surface area (Å²) in [6, 6.07) is 4.92. The van der Waals surface area contributed by atoms with Gasteiger partial charge in [0.1, 0.15) is 5.52 Å². The summed E-state index contributed by atoms with van der Waals surface area (Å²) in [6.07, 6.45) is 1.70. The molecule has 0 saturated heterocycles. The number of benzene rings is 1. The molecule has 2 heterocycles. The SMILES string of the molecule is CNc1nc(SCc2ccc(OC)c(F)c2)nc2c1ncn2C. The number of halogens is 1. The number of methoxy groups -OCH3 is 1. The van der Waals surface area contributed by atoms with E-state index in [0.29, 0.717) is 16.7 Å². The van der Waals surface area contributed by atoms with E-state index in [9.17, 15) is 4.39 Å². The van der Waals surface area contributed by atoms with Crippen LogP contribution in [0.5, 0.6) is 5.75 Å². The van der Waals surface area contributed by atoms with Crippen LogP contribution in [0.25, 0.3) is 11.2 Å². The molecule has 0 unspecified atom stereocenters. The molecule has 120 valence electrons. The third kappa shape index (κ3) is 3.07. The lowest BCUT2D eigenvalue weighted by Gasteiger charge is -2.07. The fraction of sp³-hybridized carbons (Fsp3) is 0.267. The second-order valence-electron chi connectivity index (χ2n) is 4.89. The third-order valence-corrected chi connectivity index (χ3v) is 4.28. The molecule has 3 rings (SSSR count). The van der Waals surface area contributed by atoms with E-state index < -0.39 is 0 Å². The fourth-order valence-electron chi connectivity index (χ4n) is 2.17. The van der Waals surface area contributed by atoms with Crippen molar-refractivity contribution in [1.29, 1.82) is 0 Å². The van der Waals surface area contributed by atoms with Crippen LogP contribution in [-0.4, -0.2) is 33.7 Å². The van der Waals surface area contributed by atoms with Crippen molar-refractivity contribution in [3.8, 4) is 5.75 Å². The molecule has 1 aromatic carbocycles. The number of imidazole rings is 1. The summed E-state index contributed by atoms with van der Waals surface area (Å²) in [6.45, 7) is 0. The Labute approximate surface area is 137 Å². The maximum absolute atomic E-state index is 13.7. The molecule has 23 heavy (non-hydrogen) atoms. The third-order valence-electron chi connectivity index (χ3n) is 3.36. The van der Waals surface area contributed by atoms with Gasteiger partial charge in [0.25, 0.3) is 0 Å². The Balaban J connectivity index is 1.84. The fourth-order valence-corrected chi connectivity index (χ4v) is 2.96. The zero-order valence-electron chi connectivity index (χ0n) is 13.0. The number of nitrogens with one attached hydrogen (secondary N) is 1. The summed E-state index contributed by atoms with van der Waals surface area (Å²) in [4.78, 5) is 13.2. The van der Waals surface area contributed by atoms with Gasteiger partial charge in [-0.15, -0.1) is 0 Å². The van der Waals surface area contributed by atoms with Gasteiger partial charge in [0.2, 0.25) is 0 Å². The van der Waals surface area contributed by atoms with Crippen molar-refractivity contribution < 1.29 is 9.13 Å². The van der Waals surface area contributed by atoms with E-state index in [4.69, 9.17) is 4.74 Å². The van der Waals surface area contributed by atoms with E-state index in [1.165, 1.54) is 24.9 Å². The van der Waals surface area contributed by atoms with E-state index in [2.05, 4.69) is 20.3 Å². The smallest absolute Gasteiger partial charge is 0.191 e. The van der Waals surface area contributed by atoms with E-state index in [1.54, 1.807) is 19.4 Å². The van der Waals surface area contributed by atoms with Crippen LogP contribution in [0, 0.1) is 5.82 Å². The lowest BCUT2D eigenvalue weighted by Crippen LogP contribution is -1.99. The molecule has 3 aromatic rings. The molecular weight excluding hydrogens is 317 g/mol. The molecule has 0 bridgehead atoms. The lowest BCUT2D eigenvalue weighted by molar-refractivity contribution is 0.386. The Hall–Kier alpha value is -2.35. The van der Waals surface area contributed by atoms with Gasteiger partial charge in [-0.05, 0) is 17.7 Å². The highest BCUT2D eigenvalue weighted by Crippen LogP contribution is 2.26. The number of aryl methyl sites for hydroxylation is 1. The van der Waals surface area contributed by atoms with Crippen LogP contribution >= 0.6 is 11.8 Å². The summed E-state index contributed by atoms with van der Waals surface area (Å²) < 4.78 is 20.5. The number of hydrogen-bond acceptors (Lipinski definition) is 6. The molecule has 1 N–H and O–H groups in total. The van der Waals surface area contributed by atoms with E-state index in [1.807, 2.05) is 17.7 Å². The first-order valence-corrected chi connectivity index (χ1v) is 7.93. The molecule has 2 aromatic heterocycles. The molecule has 0 radical (unpaired) electrons. The second-order valence-corrected chi connectivity index (χ2v) is 5.83. The normalized spacial score (nSPS) is 11.0. The average Bonchev–Trinajstić information content (AvgIpc) is 2.93. The number of thioether (sulfide) groups is 1. The molecule has 8 heteroatoms. The Bertz CT molecular complexity index is 851. The summed E-state index contributed by atoms with van der Waals surface area (Å²) in [5, 5.41) is 3.64. The van der Waals surface area contributed by atoms with Crippen molar-refractivity contribution in [2.45, 2.75) is 10.9 Å². The van der Waals surface area contributed by atoms with Crippen molar-refractivity contribution in [1.82, 2.24) is 19.5 Å². The van der Waals surface area contributed by atoms with Crippen LogP contribution in [0.1, 0.15) is 5.56 Å². The molecule has 0 fully saturated rings. The monoisotopic (exact) mass is 333 g/mol. The van der Waals surface area contributed by atoms with Crippen LogP contribution in [0.4, 0.5) is 10.2 Å². The Kier molecular flexibility index (Phi) is 4.33. The van der Waals surface area contributed by atoms with Crippen LogP contribution in [0.3, 0.4) is 0 Å². The maximum Gasteiger partial charge on any atom is 0.191 e. The number of fused-ring (bicyclic) bond motifs is 1. The van der Waals surface area contributed by atoms with Crippen LogP contribution in [-0.2, 0) is 12.8 Å². The molecule has 0 atom stereocenters. The van der Waals surface area contributed by atoms with Gasteiger partial charge < -0.3 is 14.6 Å². The van der Waals surface area contributed by atoms with Crippen molar-refractivity contribution in [2.24, 2.45) is 7.05 Å². The predicted molar refractivity (Wildman–Crippen MR) is 88.4 cm³/mol. The Morgan fingerprint density at radius 3 is 2.87 bits per heavy atom. The van der Waals surface area contributed by atoms with Crippen molar-refractivity contribution in [2.75, 3.05) is 19.5 Å². The zero-order valence-corrected chi connectivity index (χ0v) is 13.8. The first-order chi connectivity index (χ1) is 11.1. The lowest BCUT2D eigenvalue weighted by atomic mass is 10.2. The minimum absolute atomic E-state index is 0.240. The highest BCUT2D eigenvalue weighted by molar-refractivity contribution is 7.98. The highest BCUT2D eigenvalue weighted by atomic mass is 32.2. The summed E-state index contributed by atoms with van der Waals surface area (Å²) in [5.74, 6) is 1.11. The predicted octanol–water partition coefficient (Wildman–Crippen LogP) is 2.85. The van der Waals surface area contributed by atoms with Crippen molar-refractivity contribution >= 4 is 28.7 Å². The van der Waals surface area contributed by atoms with Crippen LogP contribution in [0.15, 0.2) is 29.7 Å². The molecule has 0 aliphatic carbocycles. The summed E-state index contributed by atoms with van der Waals surface area (Å²) >= 11 is 1.44. The van der Waals surface area contributed by atoms with Gasteiger partial charge in [0, 0.05) is 19.8 Å². The average molecular weight is 333 g/mol. The molecule has 0 spiro atoms. The Morgan fingerprint density at radius 1 is 1.35 bits per heavy atom. The van der Waals surface area contributed by atoms with Gasteiger partial charge >= 0.3 is 0 Å². The number of hydrogen-bond donors (Lipinski definition) is 1. The molecular formula is C15H16FN5OS. The summed E-state index contributed by atoms with van der Waals surface area (Å²) in [7, 11) is 5.13. The largest absolute Gasteiger partial charge is 0.494 e. The number of ether oxygens (including phenoxy) is 1. The standard InChI is InChI=1S/C15H16FN5OS/c1-17-13-12-14(21(2)8-18-12)20-15(19-13)23-7-9-4-5-11(22-3)10(16)6-9/h4-6,8H,7H2,1-3H3,(H,17,19,20). The minimum Gasteiger partial charge on any atom is -0.494 e. The zero-order chi connectivity index (χ0) is 16.4. The maximum atomic E-state index is 13.7. The van der Waals surface area contributed by atoms with Crippen LogP contribution < -0.4 is 10.1 Å². The van der Waals surface area contributed by atoms with Gasteiger partial charge in [-0.3, -0.25) is 0 Å². The first kappa shape index (κ1) is 15.5. The Morgan fingerprint density at radius 2 is 2.17 bits per heavy atom. The number of rotatable bonds is 5. The van der Waals surface area contributed by atoms with Crippen molar-refractivity contribution in [3.05, 3.63) is 35.9 Å². The topological polar surface area (TPSA) is 64.9 Å². The van der Waals surface area contributed by atoms with Gasteiger partial charge in [-0.1, -0.05) is 17.8 Å². The number of anilines is 1. The van der Waals surface area contributed by atoms with Gasteiger partial charge in [0.05, 0.1) is 13.4 Å². The van der Waals surface area contributed by atoms with Gasteiger partial charge in [0.15, 0.2) is 28.2 Å². The molecule has 0 amide bonds. The van der Waals surface area contributed by atoms with Crippen LogP contribution in [0.2, 0.25) is 0 Å². The molecule has 0 aliphatic heterocycles. The minimum atomic E-state index is -0.371. The van der Waals surface area contributed by atoms with Gasteiger partial charge in [-0.2, -0.15) is 0 Å². The highest BCUT2D eigenvalue weighted by Gasteiger charge is 2.12. The number of aromatic nitrogens is 4. The molecule has 0 saturated carbocycles. The first-order valence-electron chi connectivity index (χ1n) is 6.94. The molecule has 0 aliphatic rings. The molecule has 6 nitrogen and oxygen atoms in total. The van der Waals surface area contributed by atoms with E-state index in [-0.39, 0.29) is 11.6 Å². The quantitative estimate of drug-likeness (QED) is 0.572.